The number of morpholine rings is 1. The molecule has 0 radical (unpaired) electrons. The zero-order valence-corrected chi connectivity index (χ0v) is 17.3. The zero-order chi connectivity index (χ0) is 21.0. The quantitative estimate of drug-likeness (QED) is 0.792. The molecule has 1 aromatic carbocycles. The number of ether oxygens (including phenoxy) is 1. The Morgan fingerprint density at radius 1 is 1.21 bits per heavy atom. The van der Waals surface area contributed by atoms with Crippen molar-refractivity contribution in [1.82, 2.24) is 20.4 Å². The summed E-state index contributed by atoms with van der Waals surface area (Å²) in [5.41, 5.74) is 1.92. The van der Waals surface area contributed by atoms with Crippen LogP contribution in [0.5, 0.6) is 0 Å². The van der Waals surface area contributed by atoms with E-state index in [1.54, 1.807) is 16.8 Å². The average Bonchev–Trinajstić information content (AvgIpc) is 2.71. The molecule has 3 rings (SSSR count). The highest BCUT2D eigenvalue weighted by atomic mass is 16.5. The summed E-state index contributed by atoms with van der Waals surface area (Å²) in [5, 5.41) is 5.88. The molecule has 29 heavy (non-hydrogen) atoms. The number of nitrogens with one attached hydrogen (secondary N) is 2. The molecule has 158 valence electrons. The van der Waals surface area contributed by atoms with Gasteiger partial charge >= 0.3 is 6.03 Å². The lowest BCUT2D eigenvalue weighted by Gasteiger charge is -2.40. The van der Waals surface area contributed by atoms with Gasteiger partial charge in [0.1, 0.15) is 6.61 Å². The van der Waals surface area contributed by atoms with Crippen LogP contribution in [0, 0.1) is 6.92 Å². The third-order valence-corrected chi connectivity index (χ3v) is 5.71. The van der Waals surface area contributed by atoms with Crippen LogP contribution in [0.1, 0.15) is 36.9 Å². The van der Waals surface area contributed by atoms with Crippen molar-refractivity contribution in [2.75, 3.05) is 33.3 Å². The Balaban J connectivity index is 1.67. The number of carbonyl (C=O) groups is 3. The van der Waals surface area contributed by atoms with Crippen LogP contribution in [0.25, 0.3) is 0 Å². The number of benzene rings is 1. The van der Waals surface area contributed by atoms with Crippen molar-refractivity contribution < 1.29 is 19.1 Å². The minimum Gasteiger partial charge on any atom is -0.356 e. The van der Waals surface area contributed by atoms with Crippen molar-refractivity contribution in [1.29, 1.82) is 0 Å². The van der Waals surface area contributed by atoms with E-state index < -0.39 is 12.1 Å². The largest absolute Gasteiger partial charge is 0.356 e. The van der Waals surface area contributed by atoms with Gasteiger partial charge in [-0.2, -0.15) is 0 Å². The van der Waals surface area contributed by atoms with Crippen LogP contribution in [0.4, 0.5) is 4.79 Å². The van der Waals surface area contributed by atoms with Gasteiger partial charge in [-0.3, -0.25) is 9.59 Å². The minimum absolute atomic E-state index is 0.0165. The van der Waals surface area contributed by atoms with Gasteiger partial charge in [-0.1, -0.05) is 24.3 Å². The minimum atomic E-state index is -0.764. The number of piperidine rings is 1. The highest BCUT2D eigenvalue weighted by Gasteiger charge is 2.41. The number of hydrogen-bond donors (Lipinski definition) is 2. The van der Waals surface area contributed by atoms with Gasteiger partial charge in [0, 0.05) is 32.7 Å². The molecule has 0 bridgehead atoms. The first-order valence-corrected chi connectivity index (χ1v) is 10.2. The predicted molar refractivity (Wildman–Crippen MR) is 108 cm³/mol. The van der Waals surface area contributed by atoms with Gasteiger partial charge in [-0.25, -0.2) is 4.79 Å². The van der Waals surface area contributed by atoms with E-state index in [1.165, 1.54) is 0 Å². The smallest absolute Gasteiger partial charge is 0.317 e. The molecule has 0 spiro atoms. The lowest BCUT2D eigenvalue weighted by Crippen LogP contribution is -2.56. The van der Waals surface area contributed by atoms with Crippen molar-refractivity contribution >= 4 is 17.8 Å². The Bertz CT molecular complexity index is 761. The molecule has 2 heterocycles. The molecular formula is C21H30N4O4. The first kappa shape index (κ1) is 21.1. The van der Waals surface area contributed by atoms with Crippen molar-refractivity contribution in [2.24, 2.45) is 0 Å². The van der Waals surface area contributed by atoms with Gasteiger partial charge in [0.2, 0.25) is 5.91 Å². The van der Waals surface area contributed by atoms with Gasteiger partial charge < -0.3 is 25.2 Å². The summed E-state index contributed by atoms with van der Waals surface area (Å²) in [5.74, 6) is -0.355. The third-order valence-electron chi connectivity index (χ3n) is 5.71. The van der Waals surface area contributed by atoms with Crippen LogP contribution >= 0.6 is 0 Å². The second kappa shape index (κ2) is 9.26. The van der Waals surface area contributed by atoms with E-state index in [4.69, 9.17) is 4.74 Å². The number of urea groups is 1. The topological polar surface area (TPSA) is 91.0 Å². The summed E-state index contributed by atoms with van der Waals surface area (Å²) < 4.78 is 5.70. The second-order valence-corrected chi connectivity index (χ2v) is 7.64. The lowest BCUT2D eigenvalue weighted by atomic mass is 9.93. The predicted octanol–water partition coefficient (Wildman–Crippen LogP) is 1.20. The normalized spacial score (nSPS) is 23.1. The number of aryl methyl sites for hydroxylation is 1. The van der Waals surface area contributed by atoms with Crippen LogP contribution in [0.15, 0.2) is 24.3 Å². The molecule has 0 aromatic heterocycles. The molecule has 8 heteroatoms. The summed E-state index contributed by atoms with van der Waals surface area (Å²) >= 11 is 0. The molecule has 2 fully saturated rings. The summed E-state index contributed by atoms with van der Waals surface area (Å²) in [6, 6.07) is 7.19. The van der Waals surface area contributed by atoms with E-state index in [-0.39, 0.29) is 30.5 Å². The van der Waals surface area contributed by atoms with Crippen LogP contribution in [0.2, 0.25) is 0 Å². The maximum absolute atomic E-state index is 13.1. The monoisotopic (exact) mass is 402 g/mol. The van der Waals surface area contributed by atoms with Crippen LogP contribution < -0.4 is 10.6 Å². The molecule has 2 aliphatic heterocycles. The van der Waals surface area contributed by atoms with Gasteiger partial charge in [-0.15, -0.1) is 0 Å². The van der Waals surface area contributed by atoms with E-state index in [9.17, 15) is 14.4 Å². The summed E-state index contributed by atoms with van der Waals surface area (Å²) in [4.78, 5) is 40.6. The SMILES string of the molecule is CCNC(=O)N1CCC(NC(=O)[C@H]2OCC(=O)N(C)[C@@H]2c2ccccc2C)CC1. The Morgan fingerprint density at radius 2 is 1.90 bits per heavy atom. The highest BCUT2D eigenvalue weighted by Crippen LogP contribution is 2.31. The molecular weight excluding hydrogens is 372 g/mol. The first-order valence-electron chi connectivity index (χ1n) is 10.2. The summed E-state index contributed by atoms with van der Waals surface area (Å²) in [6.07, 6.45) is 0.624. The second-order valence-electron chi connectivity index (χ2n) is 7.64. The number of rotatable bonds is 4. The fourth-order valence-corrected chi connectivity index (χ4v) is 3.99. The van der Waals surface area contributed by atoms with Gasteiger partial charge in [0.05, 0.1) is 6.04 Å². The Labute approximate surface area is 171 Å². The summed E-state index contributed by atoms with van der Waals surface area (Å²) in [7, 11) is 1.72. The van der Waals surface area contributed by atoms with E-state index in [2.05, 4.69) is 10.6 Å². The molecule has 2 N–H and O–H groups in total. The fourth-order valence-electron chi connectivity index (χ4n) is 3.99. The maximum Gasteiger partial charge on any atom is 0.317 e. The third kappa shape index (κ3) is 4.70. The van der Waals surface area contributed by atoms with Crippen LogP contribution in [0.3, 0.4) is 0 Å². The molecule has 4 amide bonds. The number of likely N-dealkylation sites (tertiary alicyclic amines) is 1. The van der Waals surface area contributed by atoms with Gasteiger partial charge in [-0.05, 0) is 37.8 Å². The Hall–Kier alpha value is -2.61. The van der Waals surface area contributed by atoms with Crippen molar-refractivity contribution in [3.8, 4) is 0 Å². The molecule has 2 atom stereocenters. The van der Waals surface area contributed by atoms with E-state index in [0.29, 0.717) is 32.5 Å². The number of amides is 4. The summed E-state index contributed by atoms with van der Waals surface area (Å²) in [6.45, 7) is 5.55. The Morgan fingerprint density at radius 3 is 2.55 bits per heavy atom. The van der Waals surface area contributed by atoms with E-state index in [0.717, 1.165) is 11.1 Å². The molecule has 0 saturated carbocycles. The fraction of sp³-hybridized carbons (Fsp3) is 0.571. The molecule has 1 aromatic rings. The van der Waals surface area contributed by atoms with E-state index in [1.807, 2.05) is 38.1 Å². The average molecular weight is 402 g/mol. The zero-order valence-electron chi connectivity index (χ0n) is 17.3. The highest BCUT2D eigenvalue weighted by molar-refractivity contribution is 5.86. The molecule has 2 saturated heterocycles. The van der Waals surface area contributed by atoms with Crippen LogP contribution in [-0.2, 0) is 14.3 Å². The Kier molecular flexibility index (Phi) is 6.74. The number of carbonyl (C=O) groups excluding carboxylic acids is 3. The molecule has 0 aliphatic carbocycles. The van der Waals surface area contributed by atoms with Crippen LogP contribution in [-0.4, -0.2) is 73.1 Å². The van der Waals surface area contributed by atoms with Crippen molar-refractivity contribution in [3.05, 3.63) is 35.4 Å². The maximum atomic E-state index is 13.1. The van der Waals surface area contributed by atoms with Gasteiger partial charge in [0.15, 0.2) is 6.10 Å². The number of nitrogens with zero attached hydrogens (tertiary/aromatic N) is 2. The van der Waals surface area contributed by atoms with Gasteiger partial charge in [0.25, 0.3) is 5.91 Å². The van der Waals surface area contributed by atoms with Crippen molar-refractivity contribution in [2.45, 2.75) is 44.9 Å². The number of likely N-dealkylation sites (N-methyl/N-ethyl adjacent to an activating group) is 1. The standard InChI is InChI=1S/C21H30N4O4/c1-4-22-21(28)25-11-9-15(10-12-25)23-20(27)19-18(24(3)17(26)13-29-19)16-8-6-5-7-14(16)2/h5-8,15,18-19H,4,9-13H2,1-3H3,(H,22,28)(H,23,27)/t18-,19+/m1/s1. The number of hydrogen-bond acceptors (Lipinski definition) is 4. The van der Waals surface area contributed by atoms with E-state index >= 15 is 0 Å². The first-order chi connectivity index (χ1) is 13.9. The molecule has 2 aliphatic rings. The molecule has 0 unspecified atom stereocenters. The molecule has 8 nitrogen and oxygen atoms in total. The lowest BCUT2D eigenvalue weighted by molar-refractivity contribution is -0.162. The van der Waals surface area contributed by atoms with Crippen molar-refractivity contribution in [3.63, 3.8) is 0 Å².